The topological polar surface area (TPSA) is 122 Å². The minimum Gasteiger partial charge on any atom is -0.480 e. The molecule has 1 aromatic rings. The number of carbonyl (C=O) groups excluding carboxylic acids is 1. The average molecular weight is 429 g/mol. The molecule has 1 rings (SSSR count). The highest BCUT2D eigenvalue weighted by Gasteiger charge is 2.01. The molecule has 10 heteroatoms. The summed E-state index contributed by atoms with van der Waals surface area (Å²) in [5.41, 5.74) is 0.931. The van der Waals surface area contributed by atoms with E-state index in [-0.39, 0.29) is 19.8 Å². The number of hydrogen-bond acceptors (Lipinski definition) is 8. The lowest BCUT2D eigenvalue weighted by Crippen LogP contribution is -2.28. The van der Waals surface area contributed by atoms with Gasteiger partial charge in [-0.05, 0) is 5.56 Å². The van der Waals surface area contributed by atoms with Crippen molar-refractivity contribution in [3.63, 3.8) is 0 Å². The summed E-state index contributed by atoms with van der Waals surface area (Å²) in [5, 5.41) is 11.0. The molecule has 170 valence electrons. The molecule has 0 bridgehead atoms. The predicted octanol–water partition coefficient (Wildman–Crippen LogP) is 1.08. The zero-order chi connectivity index (χ0) is 21.7. The van der Waals surface area contributed by atoms with E-state index in [1.165, 1.54) is 0 Å². The molecule has 1 aromatic carbocycles. The lowest BCUT2D eigenvalue weighted by atomic mass is 10.2. The summed E-state index contributed by atoms with van der Waals surface area (Å²) in [6.07, 6.45) is -0.479. The molecule has 0 saturated heterocycles. The van der Waals surface area contributed by atoms with Crippen LogP contribution < -0.4 is 5.32 Å². The fourth-order valence-corrected chi connectivity index (χ4v) is 2.04. The van der Waals surface area contributed by atoms with Crippen LogP contribution in [0.1, 0.15) is 5.56 Å². The monoisotopic (exact) mass is 429 g/mol. The Kier molecular flexibility index (Phi) is 16.1. The normalized spacial score (nSPS) is 10.7. The van der Waals surface area contributed by atoms with Gasteiger partial charge in [-0.1, -0.05) is 30.3 Å². The number of carboxylic acids is 1. The average Bonchev–Trinajstić information content (AvgIpc) is 2.75. The first kappa shape index (κ1) is 25.8. The van der Waals surface area contributed by atoms with E-state index in [0.717, 1.165) is 5.56 Å². The van der Waals surface area contributed by atoms with Gasteiger partial charge in [-0.15, -0.1) is 0 Å². The Morgan fingerprint density at radius 3 is 1.77 bits per heavy atom. The van der Waals surface area contributed by atoms with E-state index in [1.807, 2.05) is 30.3 Å². The Morgan fingerprint density at radius 1 is 0.733 bits per heavy atom. The first-order valence-electron chi connectivity index (χ1n) is 9.73. The van der Waals surface area contributed by atoms with Gasteiger partial charge in [0, 0.05) is 6.54 Å². The third-order valence-electron chi connectivity index (χ3n) is 3.44. The van der Waals surface area contributed by atoms with Crippen molar-refractivity contribution in [3.05, 3.63) is 35.9 Å². The third kappa shape index (κ3) is 16.7. The summed E-state index contributed by atoms with van der Waals surface area (Å²) in [6.45, 7) is 3.75. The summed E-state index contributed by atoms with van der Waals surface area (Å²) >= 11 is 0. The lowest BCUT2D eigenvalue weighted by Gasteiger charge is -2.09. The highest BCUT2D eigenvalue weighted by Crippen LogP contribution is 2.00. The van der Waals surface area contributed by atoms with Crippen LogP contribution in [0.2, 0.25) is 0 Å². The summed E-state index contributed by atoms with van der Waals surface area (Å²) in [5.74, 6) is -1.00. The molecule has 0 radical (unpaired) electrons. The number of amides is 1. The zero-order valence-corrected chi connectivity index (χ0v) is 17.1. The van der Waals surface area contributed by atoms with Gasteiger partial charge >= 0.3 is 12.1 Å². The van der Waals surface area contributed by atoms with Gasteiger partial charge < -0.3 is 38.8 Å². The maximum absolute atomic E-state index is 11.5. The molecule has 0 aliphatic heterocycles. The second-order valence-corrected chi connectivity index (χ2v) is 5.88. The maximum Gasteiger partial charge on any atom is 0.407 e. The second-order valence-electron chi connectivity index (χ2n) is 5.88. The summed E-state index contributed by atoms with van der Waals surface area (Å²) in [4.78, 5) is 21.7. The molecule has 2 N–H and O–H groups in total. The van der Waals surface area contributed by atoms with Gasteiger partial charge in [0.1, 0.15) is 13.2 Å². The first-order valence-corrected chi connectivity index (χ1v) is 9.73. The van der Waals surface area contributed by atoms with Crippen LogP contribution in [-0.2, 0) is 39.8 Å². The number of ether oxygens (including phenoxy) is 6. The van der Waals surface area contributed by atoms with Crippen LogP contribution in [0.15, 0.2) is 30.3 Å². The smallest absolute Gasteiger partial charge is 0.407 e. The van der Waals surface area contributed by atoms with Crippen LogP contribution in [0.3, 0.4) is 0 Å². The fraction of sp³-hybridized carbons (Fsp3) is 0.600. The number of carboxylic acid groups (broad SMARTS) is 1. The van der Waals surface area contributed by atoms with Gasteiger partial charge in [-0.25, -0.2) is 9.59 Å². The highest BCUT2D eigenvalue weighted by molar-refractivity contribution is 5.68. The number of aliphatic carboxylic acids is 1. The Morgan fingerprint density at radius 2 is 1.23 bits per heavy atom. The van der Waals surface area contributed by atoms with Crippen LogP contribution >= 0.6 is 0 Å². The van der Waals surface area contributed by atoms with Crippen molar-refractivity contribution < 1.29 is 43.1 Å². The molecule has 30 heavy (non-hydrogen) atoms. The van der Waals surface area contributed by atoms with Gasteiger partial charge in [0.25, 0.3) is 0 Å². The van der Waals surface area contributed by atoms with Gasteiger partial charge in [0.15, 0.2) is 0 Å². The van der Waals surface area contributed by atoms with Crippen LogP contribution in [0.25, 0.3) is 0 Å². The Bertz CT molecular complexity index is 556. The molecule has 0 fully saturated rings. The third-order valence-corrected chi connectivity index (χ3v) is 3.44. The van der Waals surface area contributed by atoms with E-state index in [9.17, 15) is 9.59 Å². The number of rotatable bonds is 19. The number of hydrogen-bond donors (Lipinski definition) is 2. The molecule has 10 nitrogen and oxygen atoms in total. The van der Waals surface area contributed by atoms with E-state index in [2.05, 4.69) is 5.32 Å². The van der Waals surface area contributed by atoms with Gasteiger partial charge in [0.05, 0.1) is 59.5 Å². The van der Waals surface area contributed by atoms with Crippen LogP contribution in [0, 0.1) is 0 Å². The molecule has 0 spiro atoms. The molecular weight excluding hydrogens is 398 g/mol. The maximum atomic E-state index is 11.5. The van der Waals surface area contributed by atoms with Crippen LogP contribution in [0.5, 0.6) is 0 Å². The SMILES string of the molecule is O=C(O)COCCOCCOCCOCCOCCNC(=O)OCc1ccccc1. The van der Waals surface area contributed by atoms with Crippen molar-refractivity contribution in [2.24, 2.45) is 0 Å². The number of nitrogens with one attached hydrogen (secondary N) is 1. The summed E-state index contributed by atoms with van der Waals surface area (Å²) in [7, 11) is 0. The molecule has 1 amide bonds. The van der Waals surface area contributed by atoms with Gasteiger partial charge in [0.2, 0.25) is 0 Å². The van der Waals surface area contributed by atoms with Crippen molar-refractivity contribution in [2.45, 2.75) is 6.61 Å². The van der Waals surface area contributed by atoms with E-state index in [0.29, 0.717) is 59.4 Å². The van der Waals surface area contributed by atoms with E-state index >= 15 is 0 Å². The molecule has 0 unspecified atom stereocenters. The largest absolute Gasteiger partial charge is 0.480 e. The minimum atomic E-state index is -1.00. The van der Waals surface area contributed by atoms with E-state index in [1.54, 1.807) is 0 Å². The predicted molar refractivity (Wildman–Crippen MR) is 106 cm³/mol. The van der Waals surface area contributed by atoms with Crippen LogP contribution in [-0.4, -0.2) is 89.8 Å². The Hall–Kier alpha value is -2.24. The molecule has 0 aliphatic carbocycles. The van der Waals surface area contributed by atoms with Crippen molar-refractivity contribution in [3.8, 4) is 0 Å². The van der Waals surface area contributed by atoms with Crippen molar-refractivity contribution >= 4 is 12.1 Å². The van der Waals surface area contributed by atoms with Crippen molar-refractivity contribution in [1.82, 2.24) is 5.32 Å². The van der Waals surface area contributed by atoms with Gasteiger partial charge in [-0.3, -0.25) is 0 Å². The number of benzene rings is 1. The Balaban J connectivity index is 1.74. The van der Waals surface area contributed by atoms with Crippen LogP contribution in [0.4, 0.5) is 4.79 Å². The van der Waals surface area contributed by atoms with E-state index in [4.69, 9.17) is 33.5 Å². The minimum absolute atomic E-state index is 0.233. The first-order chi connectivity index (χ1) is 14.7. The molecule has 0 heterocycles. The highest BCUT2D eigenvalue weighted by atomic mass is 16.6. The molecule has 0 saturated carbocycles. The number of carbonyl (C=O) groups is 2. The van der Waals surface area contributed by atoms with E-state index < -0.39 is 12.1 Å². The van der Waals surface area contributed by atoms with Crippen molar-refractivity contribution in [2.75, 3.05) is 72.6 Å². The quantitative estimate of drug-likeness (QED) is 0.311. The molecule has 0 aromatic heterocycles. The van der Waals surface area contributed by atoms with Crippen molar-refractivity contribution in [1.29, 1.82) is 0 Å². The lowest BCUT2D eigenvalue weighted by molar-refractivity contribution is -0.142. The molecule has 0 atom stereocenters. The summed E-state index contributed by atoms with van der Waals surface area (Å²) < 4.78 is 31.1. The second kappa shape index (κ2) is 18.8. The molecule has 0 aliphatic rings. The standard InChI is InChI=1S/C20H31NO9/c22-19(23)17-29-15-14-28-13-12-27-11-10-26-9-8-25-7-6-21-20(24)30-16-18-4-2-1-3-5-18/h1-5H,6-17H2,(H,21,24)(H,22,23). The fourth-order valence-electron chi connectivity index (χ4n) is 2.04. The number of alkyl carbamates (subject to hydrolysis) is 1. The Labute approximate surface area is 176 Å². The molecular formula is C20H31NO9. The summed E-state index contributed by atoms with van der Waals surface area (Å²) in [6, 6.07) is 9.45. The zero-order valence-electron chi connectivity index (χ0n) is 17.1. The van der Waals surface area contributed by atoms with Gasteiger partial charge in [-0.2, -0.15) is 0 Å².